The van der Waals surface area contributed by atoms with Crippen LogP contribution in [0.1, 0.15) is 59.3 Å². The maximum absolute atomic E-state index is 10.6. The number of allylic oxidation sites excluding steroid dienone is 10. The summed E-state index contributed by atoms with van der Waals surface area (Å²) >= 11 is 0. The number of carboxylic acid groups (broad SMARTS) is 1. The van der Waals surface area contributed by atoms with Crippen molar-refractivity contribution in [2.24, 2.45) is 16.1 Å². The molecule has 154 valence electrons. The summed E-state index contributed by atoms with van der Waals surface area (Å²) in [5.74, 6) is -0.937. The average Bonchev–Trinajstić information content (AvgIpc) is 2.63. The van der Waals surface area contributed by atoms with Crippen LogP contribution in [0.25, 0.3) is 0 Å². The fraction of sp³-hybridized carbons (Fsp3) is 0.500. The summed E-state index contributed by atoms with van der Waals surface area (Å²) in [7, 11) is 0. The number of aliphatic imine (C=N–C) groups is 1. The van der Waals surface area contributed by atoms with Gasteiger partial charge in [-0.25, -0.2) is 0 Å². The second kappa shape index (κ2) is 13.1. The van der Waals surface area contributed by atoms with E-state index < -0.39 is 12.0 Å². The summed E-state index contributed by atoms with van der Waals surface area (Å²) in [4.78, 5) is 14.8. The molecule has 0 aromatic heterocycles. The maximum Gasteiger partial charge on any atom is 0.320 e. The van der Waals surface area contributed by atoms with Crippen LogP contribution in [-0.4, -0.2) is 29.9 Å². The first kappa shape index (κ1) is 23.8. The molecule has 1 atom stereocenters. The van der Waals surface area contributed by atoms with Gasteiger partial charge in [-0.15, -0.1) is 0 Å². The molecule has 0 saturated heterocycles. The van der Waals surface area contributed by atoms with Crippen LogP contribution in [0.3, 0.4) is 0 Å². The Hall–Kier alpha value is -2.20. The zero-order chi connectivity index (χ0) is 20.8. The second-order valence-electron chi connectivity index (χ2n) is 7.94. The molecule has 4 heteroatoms. The van der Waals surface area contributed by atoms with Crippen molar-refractivity contribution in [3.63, 3.8) is 0 Å². The molecule has 0 saturated carbocycles. The molecule has 0 bridgehead atoms. The van der Waals surface area contributed by atoms with E-state index in [2.05, 4.69) is 44.0 Å². The molecule has 0 spiro atoms. The molecular formula is C24H36N2O2. The SMILES string of the molecule is CC1=C(/C=C/C=C/C=C/C=C\C=NCCCC[C@H](N)C(=O)O)C(C)(C)CCC1. The molecular weight excluding hydrogens is 348 g/mol. The van der Waals surface area contributed by atoms with Gasteiger partial charge in [0.25, 0.3) is 0 Å². The Kier molecular flexibility index (Phi) is 11.1. The summed E-state index contributed by atoms with van der Waals surface area (Å²) in [6, 6.07) is -0.758. The largest absolute Gasteiger partial charge is 0.480 e. The number of rotatable bonds is 11. The lowest BCUT2D eigenvalue weighted by atomic mass is 9.73. The van der Waals surface area contributed by atoms with E-state index in [1.54, 1.807) is 6.21 Å². The fourth-order valence-electron chi connectivity index (χ4n) is 3.36. The fourth-order valence-corrected chi connectivity index (χ4v) is 3.36. The number of carboxylic acids is 1. The molecule has 3 N–H and O–H groups in total. The van der Waals surface area contributed by atoms with Gasteiger partial charge in [0.2, 0.25) is 0 Å². The Balaban J connectivity index is 2.24. The van der Waals surface area contributed by atoms with Gasteiger partial charge < -0.3 is 10.8 Å². The maximum atomic E-state index is 10.6. The van der Waals surface area contributed by atoms with Gasteiger partial charge in [0, 0.05) is 12.8 Å². The summed E-state index contributed by atoms with van der Waals surface area (Å²) in [5.41, 5.74) is 8.72. The molecule has 4 nitrogen and oxygen atoms in total. The van der Waals surface area contributed by atoms with Crippen molar-refractivity contribution in [2.45, 2.75) is 65.3 Å². The van der Waals surface area contributed by atoms with Crippen LogP contribution in [-0.2, 0) is 4.79 Å². The monoisotopic (exact) mass is 384 g/mol. The second-order valence-corrected chi connectivity index (χ2v) is 7.94. The van der Waals surface area contributed by atoms with E-state index in [1.807, 2.05) is 30.4 Å². The molecule has 0 aromatic rings. The quantitative estimate of drug-likeness (QED) is 0.285. The standard InChI is InChI=1S/C24H36N2O2/c1-20-14-13-17-24(2,3)21(20)15-9-7-5-4-6-8-11-18-26-19-12-10-16-22(25)23(27)28/h4-9,11,15,18,22H,10,12-14,16-17,19,25H2,1-3H3,(H,27,28)/b6-4+,7-5+,11-8-,15-9+,26-18?/t22-/m0/s1. The normalized spacial score (nSPS) is 19.1. The highest BCUT2D eigenvalue weighted by Crippen LogP contribution is 2.40. The first-order valence-electron chi connectivity index (χ1n) is 10.2. The zero-order valence-corrected chi connectivity index (χ0v) is 17.6. The zero-order valence-electron chi connectivity index (χ0n) is 17.6. The minimum Gasteiger partial charge on any atom is -0.480 e. The van der Waals surface area contributed by atoms with Crippen LogP contribution in [0, 0.1) is 5.41 Å². The van der Waals surface area contributed by atoms with Gasteiger partial charge in [0.1, 0.15) is 6.04 Å². The lowest BCUT2D eigenvalue weighted by Crippen LogP contribution is -2.29. The third kappa shape index (κ3) is 9.65. The van der Waals surface area contributed by atoms with Gasteiger partial charge in [-0.3, -0.25) is 9.79 Å². The molecule has 1 rings (SSSR count). The van der Waals surface area contributed by atoms with Crippen molar-refractivity contribution in [1.29, 1.82) is 0 Å². The number of unbranched alkanes of at least 4 members (excludes halogenated alkanes) is 1. The summed E-state index contributed by atoms with van der Waals surface area (Å²) < 4.78 is 0. The van der Waals surface area contributed by atoms with E-state index in [-0.39, 0.29) is 5.41 Å². The Morgan fingerprint density at radius 1 is 1.14 bits per heavy atom. The first-order chi connectivity index (χ1) is 13.3. The van der Waals surface area contributed by atoms with Crippen molar-refractivity contribution in [1.82, 2.24) is 0 Å². The van der Waals surface area contributed by atoms with E-state index in [9.17, 15) is 4.79 Å². The van der Waals surface area contributed by atoms with Crippen LogP contribution in [0.2, 0.25) is 0 Å². The Labute approximate surface area is 170 Å². The third-order valence-corrected chi connectivity index (χ3v) is 5.03. The highest BCUT2D eigenvalue weighted by atomic mass is 16.4. The Morgan fingerprint density at radius 3 is 2.43 bits per heavy atom. The molecule has 0 radical (unpaired) electrons. The Bertz CT molecular complexity index is 664. The van der Waals surface area contributed by atoms with Crippen molar-refractivity contribution < 1.29 is 9.90 Å². The molecule has 0 fully saturated rings. The average molecular weight is 385 g/mol. The summed E-state index contributed by atoms with van der Waals surface area (Å²) in [5, 5.41) is 8.68. The molecule has 0 unspecified atom stereocenters. The van der Waals surface area contributed by atoms with Gasteiger partial charge in [-0.1, -0.05) is 62.0 Å². The van der Waals surface area contributed by atoms with Gasteiger partial charge in [0.15, 0.2) is 0 Å². The minimum atomic E-state index is -0.937. The predicted molar refractivity (Wildman–Crippen MR) is 120 cm³/mol. The van der Waals surface area contributed by atoms with Crippen LogP contribution < -0.4 is 5.73 Å². The highest BCUT2D eigenvalue weighted by molar-refractivity contribution is 5.73. The van der Waals surface area contributed by atoms with Crippen LogP contribution in [0.5, 0.6) is 0 Å². The Morgan fingerprint density at radius 2 is 1.79 bits per heavy atom. The summed E-state index contributed by atoms with van der Waals surface area (Å²) in [6.07, 6.45) is 23.9. The number of aliphatic carboxylic acids is 1. The van der Waals surface area contributed by atoms with Crippen LogP contribution in [0.15, 0.2) is 64.7 Å². The molecule has 1 aliphatic rings. The van der Waals surface area contributed by atoms with Crippen molar-refractivity contribution >= 4 is 12.2 Å². The van der Waals surface area contributed by atoms with Gasteiger partial charge >= 0.3 is 5.97 Å². The van der Waals surface area contributed by atoms with Crippen molar-refractivity contribution in [3.8, 4) is 0 Å². The number of nitrogens with two attached hydrogens (primary N) is 1. The van der Waals surface area contributed by atoms with E-state index >= 15 is 0 Å². The minimum absolute atomic E-state index is 0.285. The van der Waals surface area contributed by atoms with E-state index in [0.717, 1.165) is 12.8 Å². The molecule has 1 aliphatic carbocycles. The van der Waals surface area contributed by atoms with Crippen molar-refractivity contribution in [2.75, 3.05) is 6.54 Å². The predicted octanol–water partition coefficient (Wildman–Crippen LogP) is 5.39. The first-order valence-corrected chi connectivity index (χ1v) is 10.2. The number of carbonyl (C=O) groups is 1. The number of hydrogen-bond donors (Lipinski definition) is 2. The van der Waals surface area contributed by atoms with E-state index in [0.29, 0.717) is 13.0 Å². The van der Waals surface area contributed by atoms with Crippen LogP contribution >= 0.6 is 0 Å². The lowest BCUT2D eigenvalue weighted by molar-refractivity contribution is -0.138. The number of nitrogens with zero attached hydrogens (tertiary/aromatic N) is 1. The van der Waals surface area contributed by atoms with Gasteiger partial charge in [-0.2, -0.15) is 0 Å². The van der Waals surface area contributed by atoms with Crippen molar-refractivity contribution in [3.05, 3.63) is 59.8 Å². The molecule has 0 aliphatic heterocycles. The van der Waals surface area contributed by atoms with Gasteiger partial charge in [0.05, 0.1) is 0 Å². The molecule has 0 heterocycles. The lowest BCUT2D eigenvalue weighted by Gasteiger charge is -2.32. The number of hydrogen-bond acceptors (Lipinski definition) is 3. The smallest absolute Gasteiger partial charge is 0.320 e. The van der Waals surface area contributed by atoms with E-state index in [4.69, 9.17) is 10.8 Å². The van der Waals surface area contributed by atoms with E-state index in [1.165, 1.54) is 30.4 Å². The van der Waals surface area contributed by atoms with Gasteiger partial charge in [-0.05, 0) is 62.5 Å². The molecule has 0 amide bonds. The molecule has 0 aromatic carbocycles. The third-order valence-electron chi connectivity index (χ3n) is 5.03. The van der Waals surface area contributed by atoms with Crippen LogP contribution in [0.4, 0.5) is 0 Å². The topological polar surface area (TPSA) is 75.7 Å². The summed E-state index contributed by atoms with van der Waals surface area (Å²) in [6.45, 7) is 7.60. The molecule has 28 heavy (non-hydrogen) atoms. The highest BCUT2D eigenvalue weighted by Gasteiger charge is 2.26.